The van der Waals surface area contributed by atoms with Crippen molar-refractivity contribution in [1.82, 2.24) is 4.90 Å². The van der Waals surface area contributed by atoms with Crippen LogP contribution >= 0.6 is 15.9 Å². The molecule has 1 N–H and O–H groups in total. The van der Waals surface area contributed by atoms with Gasteiger partial charge in [-0.15, -0.1) is 0 Å². The predicted molar refractivity (Wildman–Crippen MR) is 81.4 cm³/mol. The zero-order chi connectivity index (χ0) is 14.2. The summed E-state index contributed by atoms with van der Waals surface area (Å²) in [6.45, 7) is 1.75. The molecule has 1 amide bonds. The number of nitrogens with zero attached hydrogens (tertiary/aromatic N) is 1. The van der Waals surface area contributed by atoms with E-state index in [1.807, 2.05) is 17.0 Å². The third kappa shape index (κ3) is 2.51. The van der Waals surface area contributed by atoms with Crippen LogP contribution in [0.2, 0.25) is 0 Å². The van der Waals surface area contributed by atoms with Crippen molar-refractivity contribution in [2.45, 2.75) is 31.1 Å². The van der Waals surface area contributed by atoms with E-state index in [2.05, 4.69) is 28.1 Å². The summed E-state index contributed by atoms with van der Waals surface area (Å²) in [4.78, 5) is 14.8. The second-order valence-corrected chi connectivity index (χ2v) is 6.95. The molecule has 0 radical (unpaired) electrons. The molecule has 3 nitrogen and oxygen atoms in total. The van der Waals surface area contributed by atoms with Gasteiger partial charge in [-0.1, -0.05) is 28.1 Å². The van der Waals surface area contributed by atoms with Gasteiger partial charge in [-0.05, 0) is 49.3 Å². The molecule has 1 aliphatic carbocycles. The third-order valence-electron chi connectivity index (χ3n) is 4.62. The second kappa shape index (κ2) is 5.49. The van der Waals surface area contributed by atoms with Gasteiger partial charge in [0, 0.05) is 24.2 Å². The lowest BCUT2D eigenvalue weighted by Gasteiger charge is -2.34. The molecule has 2 aliphatic rings. The minimum Gasteiger partial charge on any atom is -0.396 e. The fourth-order valence-corrected chi connectivity index (χ4v) is 3.49. The standard InChI is InChI=1S/C16H20BrNO2/c17-14-5-3-13(4-6-14)16(7-8-16)15(20)18-9-1-2-12(10-18)11-19/h3-6,12,19H,1-2,7-11H2. The van der Waals surface area contributed by atoms with Crippen LogP contribution in [0.1, 0.15) is 31.2 Å². The Morgan fingerprint density at radius 2 is 2.05 bits per heavy atom. The number of carbonyl (C=O) groups is 1. The maximum Gasteiger partial charge on any atom is 0.233 e. The fraction of sp³-hybridized carbons (Fsp3) is 0.562. The lowest BCUT2D eigenvalue weighted by molar-refractivity contribution is -0.136. The molecule has 1 atom stereocenters. The first-order valence-electron chi connectivity index (χ1n) is 7.32. The van der Waals surface area contributed by atoms with Gasteiger partial charge in [0.2, 0.25) is 5.91 Å². The van der Waals surface area contributed by atoms with Crippen LogP contribution in [0, 0.1) is 5.92 Å². The molecule has 1 aromatic rings. The van der Waals surface area contributed by atoms with Crippen molar-refractivity contribution in [2.24, 2.45) is 5.92 Å². The SMILES string of the molecule is O=C(N1CCCC(CO)C1)C1(c2ccc(Br)cc2)CC1. The van der Waals surface area contributed by atoms with Gasteiger partial charge in [0.05, 0.1) is 5.41 Å². The Labute approximate surface area is 128 Å². The number of halogens is 1. The third-order valence-corrected chi connectivity index (χ3v) is 5.15. The number of carbonyl (C=O) groups excluding carboxylic acids is 1. The molecular weight excluding hydrogens is 318 g/mol. The normalized spacial score (nSPS) is 24.5. The van der Waals surface area contributed by atoms with Gasteiger partial charge >= 0.3 is 0 Å². The average Bonchev–Trinajstić information content (AvgIpc) is 3.29. The van der Waals surface area contributed by atoms with Gasteiger partial charge in [-0.3, -0.25) is 4.79 Å². The van der Waals surface area contributed by atoms with Crippen molar-refractivity contribution in [1.29, 1.82) is 0 Å². The van der Waals surface area contributed by atoms with Gasteiger partial charge in [0.1, 0.15) is 0 Å². The van der Waals surface area contributed by atoms with E-state index < -0.39 is 0 Å². The van der Waals surface area contributed by atoms with Crippen molar-refractivity contribution < 1.29 is 9.90 Å². The molecule has 1 saturated heterocycles. The molecule has 108 valence electrons. The van der Waals surface area contributed by atoms with Crippen LogP contribution in [-0.4, -0.2) is 35.6 Å². The van der Waals surface area contributed by atoms with Crippen LogP contribution in [0.15, 0.2) is 28.7 Å². The smallest absolute Gasteiger partial charge is 0.233 e. The first-order chi connectivity index (χ1) is 9.65. The lowest BCUT2D eigenvalue weighted by atomic mass is 9.91. The molecule has 3 rings (SSSR count). The first-order valence-corrected chi connectivity index (χ1v) is 8.11. The Kier molecular flexibility index (Phi) is 3.87. The van der Waals surface area contributed by atoms with Crippen LogP contribution in [0.5, 0.6) is 0 Å². The number of hydrogen-bond acceptors (Lipinski definition) is 2. The number of likely N-dealkylation sites (tertiary alicyclic amines) is 1. The number of rotatable bonds is 3. The van der Waals surface area contributed by atoms with Gasteiger partial charge in [-0.25, -0.2) is 0 Å². The van der Waals surface area contributed by atoms with Gasteiger partial charge in [-0.2, -0.15) is 0 Å². The number of aliphatic hydroxyl groups excluding tert-OH is 1. The maximum atomic E-state index is 12.9. The Hall–Kier alpha value is -0.870. The lowest BCUT2D eigenvalue weighted by Crippen LogP contribution is -2.45. The number of piperidine rings is 1. The quantitative estimate of drug-likeness (QED) is 0.921. The summed E-state index contributed by atoms with van der Waals surface area (Å²) in [5.41, 5.74) is 0.856. The van der Waals surface area contributed by atoms with Crippen molar-refractivity contribution in [3.05, 3.63) is 34.3 Å². The second-order valence-electron chi connectivity index (χ2n) is 6.03. The zero-order valence-corrected chi connectivity index (χ0v) is 13.1. The van der Waals surface area contributed by atoms with Gasteiger partial charge < -0.3 is 10.0 Å². The Morgan fingerprint density at radius 1 is 1.35 bits per heavy atom. The Bertz CT molecular complexity index is 496. The molecule has 0 bridgehead atoms. The van der Waals surface area contributed by atoms with E-state index in [0.717, 1.165) is 42.3 Å². The molecule has 20 heavy (non-hydrogen) atoms. The topological polar surface area (TPSA) is 40.5 Å². The molecule has 1 unspecified atom stereocenters. The highest BCUT2D eigenvalue weighted by molar-refractivity contribution is 9.10. The van der Waals surface area contributed by atoms with E-state index in [-0.39, 0.29) is 23.8 Å². The summed E-state index contributed by atoms with van der Waals surface area (Å²) < 4.78 is 1.04. The summed E-state index contributed by atoms with van der Waals surface area (Å²) in [5, 5.41) is 9.31. The molecule has 1 aromatic carbocycles. The number of amides is 1. The fourth-order valence-electron chi connectivity index (χ4n) is 3.22. The highest BCUT2D eigenvalue weighted by Crippen LogP contribution is 2.50. The molecule has 0 spiro atoms. The molecule has 1 saturated carbocycles. The molecular formula is C16H20BrNO2. The van der Waals surface area contributed by atoms with E-state index in [9.17, 15) is 9.90 Å². The number of aliphatic hydroxyl groups is 1. The van der Waals surface area contributed by atoms with E-state index in [4.69, 9.17) is 0 Å². The first kappa shape index (κ1) is 14.1. The largest absolute Gasteiger partial charge is 0.396 e. The average molecular weight is 338 g/mol. The van der Waals surface area contributed by atoms with Crippen LogP contribution in [0.3, 0.4) is 0 Å². The number of hydrogen-bond donors (Lipinski definition) is 1. The molecule has 2 fully saturated rings. The monoisotopic (exact) mass is 337 g/mol. The van der Waals surface area contributed by atoms with Crippen molar-refractivity contribution in [3.8, 4) is 0 Å². The van der Waals surface area contributed by atoms with E-state index >= 15 is 0 Å². The van der Waals surface area contributed by atoms with E-state index in [0.29, 0.717) is 6.54 Å². The highest BCUT2D eigenvalue weighted by Gasteiger charge is 2.53. The Morgan fingerprint density at radius 3 is 2.65 bits per heavy atom. The van der Waals surface area contributed by atoms with E-state index in [1.165, 1.54) is 0 Å². The van der Waals surface area contributed by atoms with Gasteiger partial charge in [0.25, 0.3) is 0 Å². The summed E-state index contributed by atoms with van der Waals surface area (Å²) in [7, 11) is 0. The highest BCUT2D eigenvalue weighted by atomic mass is 79.9. The van der Waals surface area contributed by atoms with E-state index in [1.54, 1.807) is 0 Å². The maximum absolute atomic E-state index is 12.9. The predicted octanol–water partition coefficient (Wildman–Crippen LogP) is 2.71. The molecule has 0 aromatic heterocycles. The summed E-state index contributed by atoms with van der Waals surface area (Å²) in [6.07, 6.45) is 3.94. The minimum absolute atomic E-state index is 0.190. The summed E-state index contributed by atoms with van der Waals surface area (Å²) >= 11 is 3.44. The summed E-state index contributed by atoms with van der Waals surface area (Å²) in [5.74, 6) is 0.520. The molecule has 1 aliphatic heterocycles. The molecule has 1 heterocycles. The van der Waals surface area contributed by atoms with Crippen LogP contribution < -0.4 is 0 Å². The Balaban J connectivity index is 1.77. The minimum atomic E-state index is -0.280. The summed E-state index contributed by atoms with van der Waals surface area (Å²) in [6, 6.07) is 8.13. The van der Waals surface area contributed by atoms with Crippen molar-refractivity contribution in [3.63, 3.8) is 0 Å². The van der Waals surface area contributed by atoms with Crippen LogP contribution in [0.4, 0.5) is 0 Å². The van der Waals surface area contributed by atoms with Crippen LogP contribution in [0.25, 0.3) is 0 Å². The molecule has 4 heteroatoms. The van der Waals surface area contributed by atoms with Crippen LogP contribution in [-0.2, 0) is 10.2 Å². The zero-order valence-electron chi connectivity index (χ0n) is 11.5. The number of benzene rings is 1. The van der Waals surface area contributed by atoms with Crippen molar-refractivity contribution in [2.75, 3.05) is 19.7 Å². The van der Waals surface area contributed by atoms with Crippen molar-refractivity contribution >= 4 is 21.8 Å². The van der Waals surface area contributed by atoms with Gasteiger partial charge in [0.15, 0.2) is 0 Å².